The zero-order valence-electron chi connectivity index (χ0n) is 17.7. The van der Waals surface area contributed by atoms with Crippen LogP contribution in [0.4, 0.5) is 0 Å². The lowest BCUT2D eigenvalue weighted by atomic mass is 9.89. The molecule has 1 amide bonds. The van der Waals surface area contributed by atoms with E-state index >= 15 is 0 Å². The van der Waals surface area contributed by atoms with Crippen molar-refractivity contribution in [3.05, 3.63) is 0 Å². The molecular formula is C22H39NO4. The van der Waals surface area contributed by atoms with E-state index in [-0.39, 0.29) is 35.5 Å². The second kappa shape index (κ2) is 10.4. The lowest BCUT2D eigenvalue weighted by Crippen LogP contribution is -2.49. The van der Waals surface area contributed by atoms with E-state index < -0.39 is 6.10 Å². The van der Waals surface area contributed by atoms with Gasteiger partial charge in [-0.25, -0.2) is 0 Å². The highest BCUT2D eigenvalue weighted by Crippen LogP contribution is 2.33. The molecule has 0 bridgehead atoms. The second-order valence-corrected chi connectivity index (χ2v) is 9.27. The molecule has 1 heterocycles. The van der Waals surface area contributed by atoms with Gasteiger partial charge < -0.3 is 14.8 Å². The summed E-state index contributed by atoms with van der Waals surface area (Å²) >= 11 is 0. The fourth-order valence-electron chi connectivity index (χ4n) is 3.87. The van der Waals surface area contributed by atoms with Crippen molar-refractivity contribution in [1.29, 1.82) is 0 Å². The number of rotatable bonds is 10. The van der Waals surface area contributed by atoms with Gasteiger partial charge in [0, 0.05) is 5.54 Å². The third-order valence-electron chi connectivity index (χ3n) is 5.45. The molecule has 0 radical (unpaired) electrons. The first-order chi connectivity index (χ1) is 12.8. The Morgan fingerprint density at radius 2 is 1.74 bits per heavy atom. The van der Waals surface area contributed by atoms with E-state index in [1.807, 2.05) is 20.8 Å². The molecule has 1 aliphatic heterocycles. The Morgan fingerprint density at radius 3 is 2.37 bits per heavy atom. The molecule has 156 valence electrons. The molecule has 0 aromatic rings. The van der Waals surface area contributed by atoms with E-state index in [4.69, 9.17) is 9.47 Å². The number of hydrogen-bond donors (Lipinski definition) is 1. The van der Waals surface area contributed by atoms with Crippen molar-refractivity contribution in [2.24, 2.45) is 5.92 Å². The molecule has 5 heteroatoms. The van der Waals surface area contributed by atoms with Gasteiger partial charge in [-0.15, -0.1) is 0 Å². The zero-order valence-corrected chi connectivity index (χ0v) is 17.7. The van der Waals surface area contributed by atoms with Gasteiger partial charge >= 0.3 is 5.97 Å². The molecule has 1 saturated carbocycles. The van der Waals surface area contributed by atoms with Crippen LogP contribution < -0.4 is 5.32 Å². The molecule has 0 aromatic heterocycles. The van der Waals surface area contributed by atoms with Crippen LogP contribution in [0.1, 0.15) is 98.3 Å². The van der Waals surface area contributed by atoms with Gasteiger partial charge in [0.2, 0.25) is 6.10 Å². The van der Waals surface area contributed by atoms with Gasteiger partial charge in [-0.05, 0) is 40.0 Å². The van der Waals surface area contributed by atoms with Gasteiger partial charge in [0.05, 0.1) is 12.0 Å². The average Bonchev–Trinajstić information content (AvgIpc) is 3.37. The normalized spacial score (nSPS) is 24.3. The maximum atomic E-state index is 12.8. The van der Waals surface area contributed by atoms with Crippen molar-refractivity contribution < 1.29 is 19.1 Å². The average molecular weight is 382 g/mol. The van der Waals surface area contributed by atoms with Gasteiger partial charge in [-0.2, -0.15) is 0 Å². The quantitative estimate of drug-likeness (QED) is 0.343. The Labute approximate surface area is 164 Å². The lowest BCUT2D eigenvalue weighted by Gasteiger charge is -2.26. The topological polar surface area (TPSA) is 67.9 Å². The number of amides is 1. The Kier molecular flexibility index (Phi) is 8.59. The first-order valence-electron chi connectivity index (χ1n) is 11.0. The summed E-state index contributed by atoms with van der Waals surface area (Å²) in [5.41, 5.74) is -0.364. The zero-order chi connectivity index (χ0) is 19.9. The van der Waals surface area contributed by atoms with Crippen molar-refractivity contribution in [2.45, 2.75) is 122 Å². The Balaban J connectivity index is 1.88. The summed E-state index contributed by atoms with van der Waals surface area (Å²) < 4.78 is 11.5. The second-order valence-electron chi connectivity index (χ2n) is 9.27. The number of carbonyl (C=O) groups excluding carboxylic acids is 2. The highest BCUT2D eigenvalue weighted by Gasteiger charge is 2.50. The van der Waals surface area contributed by atoms with Crippen molar-refractivity contribution in [1.82, 2.24) is 5.32 Å². The van der Waals surface area contributed by atoms with E-state index in [0.717, 1.165) is 38.5 Å². The van der Waals surface area contributed by atoms with E-state index in [9.17, 15) is 9.59 Å². The van der Waals surface area contributed by atoms with Crippen molar-refractivity contribution in [3.8, 4) is 0 Å². The molecule has 2 aliphatic rings. The molecule has 1 saturated heterocycles. The Bertz CT molecular complexity index is 479. The van der Waals surface area contributed by atoms with Crippen LogP contribution in [0, 0.1) is 5.92 Å². The minimum absolute atomic E-state index is 0.0431. The van der Waals surface area contributed by atoms with Gasteiger partial charge in [0.25, 0.3) is 5.91 Å². The van der Waals surface area contributed by atoms with Gasteiger partial charge in [-0.1, -0.05) is 58.3 Å². The maximum absolute atomic E-state index is 12.8. The van der Waals surface area contributed by atoms with Gasteiger partial charge in [0.15, 0.2) is 0 Å². The van der Waals surface area contributed by atoms with Crippen molar-refractivity contribution in [2.75, 3.05) is 0 Å². The number of unbranched alkanes of at least 4 members (excludes halogenated alkanes) is 4. The van der Waals surface area contributed by atoms with E-state index in [1.54, 1.807) is 0 Å². The SMILES string of the molecule is CCCCCCC[C@H]1O[C@@H]1C(OC(=O)C1CCCCC1)C(=O)NC(C)(C)C. The highest BCUT2D eigenvalue weighted by molar-refractivity contribution is 5.85. The molecule has 5 nitrogen and oxygen atoms in total. The van der Waals surface area contributed by atoms with Crippen LogP contribution in [0.15, 0.2) is 0 Å². The predicted octanol–water partition coefficient (Wildman–Crippen LogP) is 4.52. The standard InChI is InChI=1S/C22H39NO4/c1-5-6-7-8-12-15-17-18(26-17)19(20(24)23-22(2,3)4)27-21(25)16-13-10-9-11-14-16/h16-19H,5-15H2,1-4H3,(H,23,24)/t17-,18+,19?/m1/s1. The summed E-state index contributed by atoms with van der Waals surface area (Å²) in [5, 5.41) is 2.96. The molecule has 0 aromatic carbocycles. The number of ether oxygens (including phenoxy) is 2. The predicted molar refractivity (Wildman–Crippen MR) is 106 cm³/mol. The van der Waals surface area contributed by atoms with Gasteiger partial charge in [-0.3, -0.25) is 9.59 Å². The lowest BCUT2D eigenvalue weighted by molar-refractivity contribution is -0.162. The fraction of sp³-hybridized carbons (Fsp3) is 0.909. The van der Waals surface area contributed by atoms with E-state index in [0.29, 0.717) is 0 Å². The number of nitrogens with one attached hydrogen (secondary N) is 1. The molecule has 1 N–H and O–H groups in total. The van der Waals surface area contributed by atoms with E-state index in [2.05, 4.69) is 12.2 Å². The van der Waals surface area contributed by atoms with Gasteiger partial charge in [0.1, 0.15) is 6.10 Å². The first-order valence-corrected chi connectivity index (χ1v) is 11.0. The summed E-state index contributed by atoms with van der Waals surface area (Å²) in [4.78, 5) is 25.3. The van der Waals surface area contributed by atoms with Crippen LogP contribution in [0.3, 0.4) is 0 Å². The fourth-order valence-corrected chi connectivity index (χ4v) is 3.87. The monoisotopic (exact) mass is 381 g/mol. The molecular weight excluding hydrogens is 342 g/mol. The number of epoxide rings is 1. The van der Waals surface area contributed by atoms with Crippen LogP contribution in [-0.4, -0.2) is 35.7 Å². The molecule has 27 heavy (non-hydrogen) atoms. The highest BCUT2D eigenvalue weighted by atomic mass is 16.6. The van der Waals surface area contributed by atoms with E-state index in [1.165, 1.54) is 32.1 Å². The minimum atomic E-state index is -0.820. The van der Waals surface area contributed by atoms with Crippen LogP contribution >= 0.6 is 0 Å². The molecule has 1 unspecified atom stereocenters. The minimum Gasteiger partial charge on any atom is -0.449 e. The molecule has 2 fully saturated rings. The van der Waals surface area contributed by atoms with Crippen molar-refractivity contribution >= 4 is 11.9 Å². The summed E-state index contributed by atoms with van der Waals surface area (Å²) in [7, 11) is 0. The largest absolute Gasteiger partial charge is 0.449 e. The van der Waals surface area contributed by atoms with Crippen LogP contribution in [-0.2, 0) is 19.1 Å². The summed E-state index contributed by atoms with van der Waals surface area (Å²) in [5.74, 6) is -0.513. The van der Waals surface area contributed by atoms with Crippen molar-refractivity contribution in [3.63, 3.8) is 0 Å². The Morgan fingerprint density at radius 1 is 1.07 bits per heavy atom. The molecule has 1 aliphatic carbocycles. The molecule has 3 atom stereocenters. The van der Waals surface area contributed by atoms with Crippen LogP contribution in [0.5, 0.6) is 0 Å². The van der Waals surface area contributed by atoms with Crippen LogP contribution in [0.25, 0.3) is 0 Å². The smallest absolute Gasteiger partial charge is 0.309 e. The third kappa shape index (κ3) is 7.81. The maximum Gasteiger partial charge on any atom is 0.309 e. The Hall–Kier alpha value is -1.10. The number of hydrogen-bond acceptors (Lipinski definition) is 4. The summed E-state index contributed by atoms with van der Waals surface area (Å²) in [6.45, 7) is 8.01. The molecule has 2 rings (SSSR count). The molecule has 0 spiro atoms. The number of carbonyl (C=O) groups is 2. The summed E-state index contributed by atoms with van der Waals surface area (Å²) in [6.07, 6.45) is 11.0. The first kappa shape index (κ1) is 22.2. The number of esters is 1. The third-order valence-corrected chi connectivity index (χ3v) is 5.45. The summed E-state index contributed by atoms with van der Waals surface area (Å²) in [6, 6.07) is 0. The van der Waals surface area contributed by atoms with Crippen LogP contribution in [0.2, 0.25) is 0 Å².